The van der Waals surface area contributed by atoms with Crippen molar-refractivity contribution in [2.75, 3.05) is 6.61 Å². The van der Waals surface area contributed by atoms with Crippen molar-refractivity contribution in [2.45, 2.75) is 38.3 Å². The third-order valence-corrected chi connectivity index (χ3v) is 6.25. The Morgan fingerprint density at radius 2 is 1.51 bits per heavy atom. The van der Waals surface area contributed by atoms with Gasteiger partial charge in [-0.3, -0.25) is 9.59 Å². The molecule has 4 rings (SSSR count). The van der Waals surface area contributed by atoms with Crippen LogP contribution in [0.25, 0.3) is 11.1 Å². The van der Waals surface area contributed by atoms with Gasteiger partial charge in [0.1, 0.15) is 6.61 Å². The number of amides is 2. The van der Waals surface area contributed by atoms with Crippen molar-refractivity contribution in [3.63, 3.8) is 0 Å². The second-order valence-corrected chi connectivity index (χ2v) is 8.55. The normalized spacial score (nSPS) is 12.8. The number of carbonyl (C=O) groups excluding carboxylic acids is 2. The number of fused-ring (bicyclic) bond motifs is 3. The molecule has 0 aliphatic heterocycles. The summed E-state index contributed by atoms with van der Waals surface area (Å²) in [4.78, 5) is 35.6. The van der Waals surface area contributed by atoms with Crippen molar-refractivity contribution < 1.29 is 24.2 Å². The predicted molar refractivity (Wildman–Crippen MR) is 132 cm³/mol. The highest BCUT2D eigenvalue weighted by Gasteiger charge is 2.29. The molecule has 7 nitrogen and oxygen atoms in total. The van der Waals surface area contributed by atoms with E-state index in [1.807, 2.05) is 31.2 Å². The molecule has 0 heterocycles. The van der Waals surface area contributed by atoms with Gasteiger partial charge in [-0.25, -0.2) is 4.79 Å². The third-order valence-electron chi connectivity index (χ3n) is 6.25. The van der Waals surface area contributed by atoms with E-state index in [0.717, 1.165) is 16.7 Å². The summed E-state index contributed by atoms with van der Waals surface area (Å²) in [5, 5.41) is 14.4. The van der Waals surface area contributed by atoms with Gasteiger partial charge in [0.25, 0.3) is 5.91 Å². The van der Waals surface area contributed by atoms with Crippen LogP contribution in [0.5, 0.6) is 0 Å². The van der Waals surface area contributed by atoms with Crippen molar-refractivity contribution in [3.8, 4) is 11.1 Å². The molecule has 0 unspecified atom stereocenters. The number of nitrogens with one attached hydrogen (secondary N) is 2. The van der Waals surface area contributed by atoms with Crippen LogP contribution in [0.4, 0.5) is 4.79 Å². The second-order valence-electron chi connectivity index (χ2n) is 8.55. The first-order valence-corrected chi connectivity index (χ1v) is 11.7. The van der Waals surface area contributed by atoms with Gasteiger partial charge in [-0.1, -0.05) is 67.6 Å². The standard InChI is InChI=1S/C28H28N2O5/c1-2-20(15-26(31)32)30-27(33)19-13-11-18(12-14-19)16-29-28(34)35-17-25-23-9-5-3-7-21(23)22-8-4-6-10-24(22)25/h3-14,20,25H,2,15-17H2,1H3,(H,29,34)(H,30,33)(H,31,32)/t20-/m1/s1. The first-order chi connectivity index (χ1) is 17.0. The number of carbonyl (C=O) groups is 3. The van der Waals surface area contributed by atoms with Crippen molar-refractivity contribution in [1.29, 1.82) is 0 Å². The number of carboxylic acid groups (broad SMARTS) is 1. The largest absolute Gasteiger partial charge is 0.481 e. The number of alkyl carbamates (subject to hydrolysis) is 1. The lowest BCUT2D eigenvalue weighted by atomic mass is 9.98. The van der Waals surface area contributed by atoms with Gasteiger partial charge in [0.05, 0.1) is 6.42 Å². The molecule has 0 saturated carbocycles. The maximum absolute atomic E-state index is 12.4. The average molecular weight is 473 g/mol. The Morgan fingerprint density at radius 1 is 0.914 bits per heavy atom. The van der Waals surface area contributed by atoms with Gasteiger partial charge in [-0.05, 0) is 46.4 Å². The summed E-state index contributed by atoms with van der Waals surface area (Å²) in [6.45, 7) is 2.33. The number of ether oxygens (including phenoxy) is 1. The zero-order chi connectivity index (χ0) is 24.8. The highest BCUT2D eigenvalue weighted by atomic mass is 16.5. The third kappa shape index (κ3) is 5.69. The Kier molecular flexibility index (Phi) is 7.45. The van der Waals surface area contributed by atoms with Gasteiger partial charge in [0.15, 0.2) is 0 Å². The van der Waals surface area contributed by atoms with Crippen LogP contribution in [0.15, 0.2) is 72.8 Å². The number of hydrogen-bond acceptors (Lipinski definition) is 4. The second kappa shape index (κ2) is 10.9. The SMILES string of the molecule is CC[C@H](CC(=O)O)NC(=O)c1ccc(CNC(=O)OCC2c3ccccc3-c3ccccc32)cc1. The van der Waals surface area contributed by atoms with E-state index >= 15 is 0 Å². The summed E-state index contributed by atoms with van der Waals surface area (Å²) < 4.78 is 5.55. The molecule has 3 aromatic carbocycles. The van der Waals surface area contributed by atoms with Crippen LogP contribution in [0.3, 0.4) is 0 Å². The van der Waals surface area contributed by atoms with Gasteiger partial charge in [0, 0.05) is 24.1 Å². The van der Waals surface area contributed by atoms with Gasteiger partial charge in [-0.2, -0.15) is 0 Å². The molecule has 3 aromatic rings. The Morgan fingerprint density at radius 3 is 2.09 bits per heavy atom. The number of aliphatic carboxylic acids is 1. The minimum absolute atomic E-state index is 0.000908. The van der Waals surface area contributed by atoms with Gasteiger partial charge >= 0.3 is 12.1 Å². The summed E-state index contributed by atoms with van der Waals surface area (Å²) in [5.41, 5.74) is 5.91. The lowest BCUT2D eigenvalue weighted by Gasteiger charge is -2.15. The van der Waals surface area contributed by atoms with Crippen LogP contribution in [0.1, 0.15) is 52.7 Å². The average Bonchev–Trinajstić information content (AvgIpc) is 3.19. The van der Waals surface area contributed by atoms with E-state index in [-0.39, 0.29) is 31.4 Å². The van der Waals surface area contributed by atoms with Gasteiger partial charge in [-0.15, -0.1) is 0 Å². The first kappa shape index (κ1) is 24.0. The molecular formula is C28H28N2O5. The zero-order valence-corrected chi connectivity index (χ0v) is 19.5. The summed E-state index contributed by atoms with van der Waals surface area (Å²) >= 11 is 0. The molecule has 180 valence electrons. The molecular weight excluding hydrogens is 444 g/mol. The van der Waals surface area contributed by atoms with Crippen LogP contribution in [0, 0.1) is 0 Å². The van der Waals surface area contributed by atoms with Crippen LogP contribution in [0.2, 0.25) is 0 Å². The number of hydrogen-bond donors (Lipinski definition) is 3. The maximum Gasteiger partial charge on any atom is 0.407 e. The number of carboxylic acids is 1. The lowest BCUT2D eigenvalue weighted by molar-refractivity contribution is -0.137. The zero-order valence-electron chi connectivity index (χ0n) is 19.5. The topological polar surface area (TPSA) is 105 Å². The first-order valence-electron chi connectivity index (χ1n) is 11.7. The van der Waals surface area contributed by atoms with Gasteiger partial charge in [0.2, 0.25) is 0 Å². The van der Waals surface area contributed by atoms with E-state index in [9.17, 15) is 14.4 Å². The Labute approximate surface area is 204 Å². The quantitative estimate of drug-likeness (QED) is 0.418. The molecule has 7 heteroatoms. The molecule has 2 amide bonds. The summed E-state index contributed by atoms with van der Waals surface area (Å²) in [5.74, 6) is -1.28. The Balaban J connectivity index is 1.29. The fourth-order valence-electron chi connectivity index (χ4n) is 4.37. The molecule has 1 atom stereocenters. The van der Waals surface area contributed by atoms with Crippen LogP contribution in [-0.4, -0.2) is 35.7 Å². The molecule has 0 saturated heterocycles. The van der Waals surface area contributed by atoms with E-state index in [2.05, 4.69) is 34.9 Å². The maximum atomic E-state index is 12.4. The van der Waals surface area contributed by atoms with Crippen molar-refractivity contribution in [2.24, 2.45) is 0 Å². The number of rotatable bonds is 9. The molecule has 0 radical (unpaired) electrons. The predicted octanol–water partition coefficient (Wildman–Crippen LogP) is 4.71. The van der Waals surface area contributed by atoms with E-state index in [1.165, 1.54) is 11.1 Å². The summed E-state index contributed by atoms with van der Waals surface area (Å²) in [6.07, 6.45) is -0.0990. The van der Waals surface area contributed by atoms with E-state index in [0.29, 0.717) is 12.0 Å². The molecule has 3 N–H and O–H groups in total. The lowest BCUT2D eigenvalue weighted by Crippen LogP contribution is -2.36. The molecule has 0 bridgehead atoms. The number of benzene rings is 3. The fourth-order valence-corrected chi connectivity index (χ4v) is 4.37. The highest BCUT2D eigenvalue weighted by Crippen LogP contribution is 2.44. The Hall–Kier alpha value is -4.13. The Bertz CT molecular complexity index is 1180. The molecule has 0 spiro atoms. The summed E-state index contributed by atoms with van der Waals surface area (Å²) in [7, 11) is 0. The van der Waals surface area contributed by atoms with Crippen LogP contribution in [-0.2, 0) is 16.1 Å². The molecule has 1 aliphatic rings. The molecule has 0 fully saturated rings. The van der Waals surface area contributed by atoms with E-state index in [1.54, 1.807) is 24.3 Å². The molecule has 35 heavy (non-hydrogen) atoms. The van der Waals surface area contributed by atoms with Gasteiger partial charge < -0.3 is 20.5 Å². The molecule has 1 aliphatic carbocycles. The van der Waals surface area contributed by atoms with Crippen molar-refractivity contribution in [1.82, 2.24) is 10.6 Å². The molecule has 0 aromatic heterocycles. The minimum atomic E-state index is -0.952. The van der Waals surface area contributed by atoms with Crippen molar-refractivity contribution >= 4 is 18.0 Å². The van der Waals surface area contributed by atoms with E-state index in [4.69, 9.17) is 9.84 Å². The van der Waals surface area contributed by atoms with E-state index < -0.39 is 18.1 Å². The smallest absolute Gasteiger partial charge is 0.407 e. The minimum Gasteiger partial charge on any atom is -0.481 e. The summed E-state index contributed by atoms with van der Waals surface area (Å²) in [6, 6.07) is 22.7. The monoisotopic (exact) mass is 472 g/mol. The highest BCUT2D eigenvalue weighted by molar-refractivity contribution is 5.94. The fraction of sp³-hybridized carbons (Fsp3) is 0.250. The van der Waals surface area contributed by atoms with Crippen LogP contribution >= 0.6 is 0 Å². The van der Waals surface area contributed by atoms with Crippen molar-refractivity contribution in [3.05, 3.63) is 95.1 Å². The van der Waals surface area contributed by atoms with Crippen LogP contribution < -0.4 is 10.6 Å².